The molecule has 3 aromatic rings. The molecule has 0 radical (unpaired) electrons. The standard InChI is InChI=1S/C18H18F3N5O3S2/c19-18(20,21)12-4-5-14-23-24-15(26(14)11-12)10-22-17(27)16-13(6-9-30-16)31(28,29)25-7-2-1-3-8-25/h4-6,9,11H,1-3,7-8,10H2,(H,22,27). The molecule has 0 bridgehead atoms. The predicted octanol–water partition coefficient (Wildman–Crippen LogP) is 2.91. The van der Waals surface area contributed by atoms with Gasteiger partial charge in [0.05, 0.1) is 12.1 Å². The van der Waals surface area contributed by atoms with Gasteiger partial charge in [0.2, 0.25) is 10.0 Å². The quantitative estimate of drug-likeness (QED) is 0.615. The Labute approximate surface area is 179 Å². The van der Waals surface area contributed by atoms with Crippen LogP contribution in [0, 0.1) is 0 Å². The van der Waals surface area contributed by atoms with Gasteiger partial charge in [-0.25, -0.2) is 8.42 Å². The first-order valence-electron chi connectivity index (χ1n) is 9.44. The topological polar surface area (TPSA) is 96.7 Å². The SMILES string of the molecule is O=C(NCc1nnc2ccc(C(F)(F)F)cn12)c1sccc1S(=O)(=O)N1CCCCC1. The van der Waals surface area contributed by atoms with Crippen molar-refractivity contribution in [3.05, 3.63) is 46.0 Å². The van der Waals surface area contributed by atoms with E-state index < -0.39 is 27.7 Å². The van der Waals surface area contributed by atoms with Gasteiger partial charge in [-0.05, 0) is 36.4 Å². The minimum atomic E-state index is -4.53. The Kier molecular flexibility index (Phi) is 5.75. The molecule has 8 nitrogen and oxygen atoms in total. The van der Waals surface area contributed by atoms with Crippen LogP contribution in [0.3, 0.4) is 0 Å². The third kappa shape index (κ3) is 4.29. The van der Waals surface area contributed by atoms with Gasteiger partial charge in [-0.15, -0.1) is 21.5 Å². The average molecular weight is 474 g/mol. The summed E-state index contributed by atoms with van der Waals surface area (Å²) < 4.78 is 67.3. The zero-order valence-corrected chi connectivity index (χ0v) is 17.7. The number of carbonyl (C=O) groups excluding carboxylic acids is 1. The molecule has 13 heteroatoms. The number of halogens is 3. The molecule has 1 saturated heterocycles. The number of thiophene rings is 1. The van der Waals surface area contributed by atoms with Gasteiger partial charge in [0.1, 0.15) is 9.77 Å². The summed E-state index contributed by atoms with van der Waals surface area (Å²) in [7, 11) is -3.80. The molecule has 0 aliphatic carbocycles. The smallest absolute Gasteiger partial charge is 0.344 e. The van der Waals surface area contributed by atoms with Crippen molar-refractivity contribution in [3.8, 4) is 0 Å². The summed E-state index contributed by atoms with van der Waals surface area (Å²) >= 11 is 0.986. The van der Waals surface area contributed by atoms with E-state index in [9.17, 15) is 26.4 Å². The van der Waals surface area contributed by atoms with Crippen molar-refractivity contribution in [3.63, 3.8) is 0 Å². The van der Waals surface area contributed by atoms with Crippen LogP contribution in [0.1, 0.15) is 40.3 Å². The minimum absolute atomic E-state index is 0.0235. The molecule has 0 atom stereocenters. The number of piperidine rings is 1. The number of hydrogen-bond acceptors (Lipinski definition) is 6. The summed E-state index contributed by atoms with van der Waals surface area (Å²) in [5.74, 6) is -0.555. The van der Waals surface area contributed by atoms with Gasteiger partial charge in [-0.1, -0.05) is 6.42 Å². The summed E-state index contributed by atoms with van der Waals surface area (Å²) in [6.45, 7) is 0.599. The van der Waals surface area contributed by atoms with Crippen molar-refractivity contribution in [1.29, 1.82) is 0 Å². The number of rotatable bonds is 5. The third-order valence-electron chi connectivity index (χ3n) is 4.98. The van der Waals surface area contributed by atoms with Crippen LogP contribution >= 0.6 is 11.3 Å². The van der Waals surface area contributed by atoms with E-state index in [0.29, 0.717) is 13.1 Å². The Hall–Kier alpha value is -2.51. The number of nitrogens with zero attached hydrogens (tertiary/aromatic N) is 4. The molecule has 4 heterocycles. The average Bonchev–Trinajstić information content (AvgIpc) is 3.39. The number of sulfonamides is 1. The Bertz CT molecular complexity index is 1210. The second-order valence-electron chi connectivity index (χ2n) is 7.02. The van der Waals surface area contributed by atoms with Gasteiger partial charge in [-0.3, -0.25) is 9.20 Å². The van der Waals surface area contributed by atoms with Crippen molar-refractivity contribution >= 4 is 32.9 Å². The fourth-order valence-electron chi connectivity index (χ4n) is 3.38. The first-order chi connectivity index (χ1) is 14.7. The number of aromatic nitrogens is 3. The zero-order chi connectivity index (χ0) is 22.2. The Balaban J connectivity index is 1.54. The van der Waals surface area contributed by atoms with Crippen molar-refractivity contribution in [2.45, 2.75) is 36.9 Å². The first-order valence-corrected chi connectivity index (χ1v) is 11.8. The molecule has 3 aromatic heterocycles. The lowest BCUT2D eigenvalue weighted by atomic mass is 10.2. The molecule has 0 saturated carbocycles. The molecule has 0 spiro atoms. The maximum Gasteiger partial charge on any atom is 0.417 e. The van der Waals surface area contributed by atoms with Crippen LogP contribution < -0.4 is 5.32 Å². The van der Waals surface area contributed by atoms with E-state index in [1.54, 1.807) is 0 Å². The lowest BCUT2D eigenvalue weighted by Crippen LogP contribution is -2.36. The van der Waals surface area contributed by atoms with Crippen LogP contribution in [-0.4, -0.2) is 46.3 Å². The number of hydrogen-bond donors (Lipinski definition) is 1. The lowest BCUT2D eigenvalue weighted by molar-refractivity contribution is -0.137. The van der Waals surface area contributed by atoms with E-state index in [2.05, 4.69) is 15.5 Å². The molecule has 4 rings (SSSR count). The summed E-state index contributed by atoms with van der Waals surface area (Å²) in [5, 5.41) is 11.7. The number of amides is 1. The Morgan fingerprint density at radius 2 is 1.87 bits per heavy atom. The fraction of sp³-hybridized carbons (Fsp3) is 0.389. The second kappa shape index (κ2) is 8.20. The van der Waals surface area contributed by atoms with Crippen molar-refractivity contribution in [1.82, 2.24) is 24.2 Å². The van der Waals surface area contributed by atoms with E-state index in [0.717, 1.165) is 47.3 Å². The van der Waals surface area contributed by atoms with Gasteiger partial charge >= 0.3 is 6.18 Å². The van der Waals surface area contributed by atoms with E-state index in [-0.39, 0.29) is 27.8 Å². The van der Waals surface area contributed by atoms with Gasteiger partial charge in [0.15, 0.2) is 11.5 Å². The molecular formula is C18H18F3N5O3S2. The molecule has 1 N–H and O–H groups in total. The van der Waals surface area contributed by atoms with Crippen molar-refractivity contribution < 1.29 is 26.4 Å². The molecule has 1 fully saturated rings. The third-order valence-corrected chi connectivity index (χ3v) is 7.96. The highest BCUT2D eigenvalue weighted by Crippen LogP contribution is 2.30. The van der Waals surface area contributed by atoms with E-state index in [1.165, 1.54) is 21.8 Å². The summed E-state index contributed by atoms with van der Waals surface area (Å²) in [4.78, 5) is 12.6. The fourth-order valence-corrected chi connectivity index (χ4v) is 6.21. The highest BCUT2D eigenvalue weighted by atomic mass is 32.2. The number of pyridine rings is 1. The van der Waals surface area contributed by atoms with Gasteiger partial charge in [0, 0.05) is 19.3 Å². The predicted molar refractivity (Wildman–Crippen MR) is 106 cm³/mol. The molecule has 0 unspecified atom stereocenters. The zero-order valence-electron chi connectivity index (χ0n) is 16.1. The number of carbonyl (C=O) groups is 1. The highest BCUT2D eigenvalue weighted by molar-refractivity contribution is 7.89. The van der Waals surface area contributed by atoms with E-state index in [4.69, 9.17) is 0 Å². The van der Waals surface area contributed by atoms with Crippen LogP contribution in [0.25, 0.3) is 5.65 Å². The summed E-state index contributed by atoms with van der Waals surface area (Å²) in [6, 6.07) is 3.48. The summed E-state index contributed by atoms with van der Waals surface area (Å²) in [6.07, 6.45) is -1.18. The van der Waals surface area contributed by atoms with E-state index >= 15 is 0 Å². The Morgan fingerprint density at radius 3 is 2.58 bits per heavy atom. The van der Waals surface area contributed by atoms with Crippen LogP contribution in [0.15, 0.2) is 34.7 Å². The van der Waals surface area contributed by atoms with Crippen molar-refractivity contribution in [2.75, 3.05) is 13.1 Å². The van der Waals surface area contributed by atoms with Crippen LogP contribution in [0.5, 0.6) is 0 Å². The van der Waals surface area contributed by atoms with Crippen LogP contribution in [-0.2, 0) is 22.7 Å². The number of alkyl halides is 3. The summed E-state index contributed by atoms with van der Waals surface area (Å²) in [5.41, 5.74) is -0.678. The molecule has 1 aliphatic heterocycles. The normalized spacial score (nSPS) is 16.0. The highest BCUT2D eigenvalue weighted by Gasteiger charge is 2.32. The van der Waals surface area contributed by atoms with Crippen molar-refractivity contribution in [2.24, 2.45) is 0 Å². The van der Waals surface area contributed by atoms with Crippen LogP contribution in [0.4, 0.5) is 13.2 Å². The maximum absolute atomic E-state index is 13.0. The molecule has 31 heavy (non-hydrogen) atoms. The minimum Gasteiger partial charge on any atom is -0.344 e. The molecule has 166 valence electrons. The lowest BCUT2D eigenvalue weighted by Gasteiger charge is -2.25. The number of fused-ring (bicyclic) bond motifs is 1. The molecular weight excluding hydrogens is 455 g/mol. The van der Waals surface area contributed by atoms with Gasteiger partial charge < -0.3 is 5.32 Å². The molecule has 0 aromatic carbocycles. The van der Waals surface area contributed by atoms with Gasteiger partial charge in [-0.2, -0.15) is 17.5 Å². The van der Waals surface area contributed by atoms with Crippen LogP contribution in [0.2, 0.25) is 0 Å². The molecule has 1 aliphatic rings. The monoisotopic (exact) mass is 473 g/mol. The maximum atomic E-state index is 13.0. The second-order valence-corrected chi connectivity index (χ2v) is 9.84. The Morgan fingerprint density at radius 1 is 1.13 bits per heavy atom. The van der Waals surface area contributed by atoms with E-state index in [1.807, 2.05) is 0 Å². The van der Waals surface area contributed by atoms with Gasteiger partial charge in [0.25, 0.3) is 5.91 Å². The first kappa shape index (κ1) is 21.7. The molecule has 1 amide bonds. The largest absolute Gasteiger partial charge is 0.417 e. The number of nitrogens with one attached hydrogen (secondary N) is 1.